The Bertz CT molecular complexity index is 1400. The minimum absolute atomic E-state index is 0.128. The predicted octanol–water partition coefficient (Wildman–Crippen LogP) is 5.97. The zero-order valence-corrected chi connectivity index (χ0v) is 24.4. The van der Waals surface area contributed by atoms with Gasteiger partial charge in [0.1, 0.15) is 11.1 Å². The lowest BCUT2D eigenvalue weighted by atomic mass is 9.84. The van der Waals surface area contributed by atoms with Gasteiger partial charge in [-0.25, -0.2) is 0 Å². The fraction of sp³-hybridized carbons (Fsp3) is 0.375. The van der Waals surface area contributed by atoms with Gasteiger partial charge in [-0.3, -0.25) is 9.48 Å². The van der Waals surface area contributed by atoms with Gasteiger partial charge in [0.2, 0.25) is 0 Å². The average Bonchev–Trinajstić information content (AvgIpc) is 3.12. The van der Waals surface area contributed by atoms with E-state index in [9.17, 15) is 20.8 Å². The Balaban J connectivity index is 1.37. The van der Waals surface area contributed by atoms with Crippen LogP contribution in [-0.4, -0.2) is 53.4 Å². The lowest BCUT2D eigenvalue weighted by molar-refractivity contribution is -0.539. The molecule has 0 amide bonds. The summed E-state index contributed by atoms with van der Waals surface area (Å²) >= 11 is 0. The van der Waals surface area contributed by atoms with Crippen molar-refractivity contribution in [3.05, 3.63) is 94.3 Å². The van der Waals surface area contributed by atoms with E-state index in [1.165, 1.54) is 0 Å². The number of rotatable bonds is 4. The van der Waals surface area contributed by atoms with E-state index in [0.29, 0.717) is 11.1 Å². The average molecular weight is 541 g/mol. The number of amidine groups is 2. The molecule has 3 aromatic rings. The fourth-order valence-electron chi connectivity index (χ4n) is 5.17. The van der Waals surface area contributed by atoms with E-state index in [1.54, 1.807) is 55.4 Å². The highest BCUT2D eigenvalue weighted by atomic mass is 16.5. The third-order valence-corrected chi connectivity index (χ3v) is 9.63. The normalized spacial score (nSPS) is 20.9. The van der Waals surface area contributed by atoms with Crippen molar-refractivity contribution in [3.63, 3.8) is 0 Å². The number of hydrogen-bond acceptors (Lipinski definition) is 4. The second kappa shape index (κ2) is 8.81. The number of benzene rings is 3. The summed E-state index contributed by atoms with van der Waals surface area (Å²) < 4.78 is 1.65. The van der Waals surface area contributed by atoms with Crippen molar-refractivity contribution in [1.82, 2.24) is 10.1 Å². The van der Waals surface area contributed by atoms with Gasteiger partial charge in [-0.05, 0) is 102 Å². The topological polar surface area (TPSA) is 98.4 Å². The molecular formula is C32H36N4O4. The van der Waals surface area contributed by atoms with E-state index >= 15 is 0 Å². The summed E-state index contributed by atoms with van der Waals surface area (Å²) in [5.74, 6) is 0.256. The van der Waals surface area contributed by atoms with Crippen LogP contribution in [0, 0.1) is 10.4 Å². The molecule has 2 aliphatic rings. The summed E-state index contributed by atoms with van der Waals surface area (Å²) in [7, 11) is 0. The Kier molecular flexibility index (Phi) is 6.10. The quantitative estimate of drug-likeness (QED) is 0.301. The molecule has 8 nitrogen and oxygen atoms in total. The van der Waals surface area contributed by atoms with Gasteiger partial charge in [0, 0.05) is 10.4 Å². The third-order valence-electron chi connectivity index (χ3n) is 9.63. The van der Waals surface area contributed by atoms with Crippen molar-refractivity contribution in [2.24, 2.45) is 0 Å². The van der Waals surface area contributed by atoms with Gasteiger partial charge in [-0.1, -0.05) is 58.7 Å². The Hall–Kier alpha value is -3.88. The van der Waals surface area contributed by atoms with Crippen molar-refractivity contribution in [2.75, 3.05) is 0 Å². The molecular weight excluding hydrogens is 504 g/mol. The van der Waals surface area contributed by atoms with Crippen LogP contribution in [0.2, 0.25) is 0 Å². The predicted molar refractivity (Wildman–Crippen MR) is 154 cm³/mol. The summed E-state index contributed by atoms with van der Waals surface area (Å²) in [6.07, 6.45) is 0. The zero-order chi connectivity index (χ0) is 29.4. The van der Waals surface area contributed by atoms with Gasteiger partial charge in [0.15, 0.2) is 11.1 Å². The molecule has 5 rings (SSSR count). The Morgan fingerprint density at radius 1 is 0.450 bits per heavy atom. The highest BCUT2D eigenvalue weighted by Gasteiger charge is 2.61. The lowest BCUT2D eigenvalue weighted by Gasteiger charge is -2.32. The first kappa shape index (κ1) is 27.7. The van der Waals surface area contributed by atoms with Crippen LogP contribution >= 0.6 is 0 Å². The third kappa shape index (κ3) is 3.73. The van der Waals surface area contributed by atoms with Gasteiger partial charge < -0.3 is 10.4 Å². The molecule has 0 spiro atoms. The first-order valence-electron chi connectivity index (χ1n) is 13.5. The molecule has 0 N–H and O–H groups in total. The molecule has 40 heavy (non-hydrogen) atoms. The van der Waals surface area contributed by atoms with Crippen molar-refractivity contribution < 1.29 is 19.9 Å². The van der Waals surface area contributed by atoms with Crippen LogP contribution in [0.1, 0.15) is 66.5 Å². The maximum absolute atomic E-state index is 13.0. The number of hydrogen-bond donors (Lipinski definition) is 0. The highest BCUT2D eigenvalue weighted by Crippen LogP contribution is 2.39. The van der Waals surface area contributed by atoms with Crippen LogP contribution in [0.15, 0.2) is 72.8 Å². The molecule has 0 saturated carbocycles. The monoisotopic (exact) mass is 540 g/mol. The summed E-state index contributed by atoms with van der Waals surface area (Å²) in [6.45, 7) is 14.3. The van der Waals surface area contributed by atoms with Gasteiger partial charge in [-0.15, -0.1) is 0 Å². The van der Waals surface area contributed by atoms with E-state index in [4.69, 9.17) is 0 Å². The standard InChI is InChI=1S/C32H36N4O4/c1-29(2)30(3,4)34(38)27(33(29)37)25-17-13-23(14-18-25)21-9-11-22(12-10-21)24-15-19-26(20-16-24)28-35(39)31(5,6)32(7,8)36(28)40/h9-20H,1-8H3. The van der Waals surface area contributed by atoms with Crippen LogP contribution in [0.3, 0.4) is 0 Å². The number of hydroxylamine groups is 6. The van der Waals surface area contributed by atoms with Gasteiger partial charge in [0.25, 0.3) is 0 Å². The second-order valence-corrected chi connectivity index (χ2v) is 12.8. The van der Waals surface area contributed by atoms with E-state index in [1.807, 2.05) is 72.8 Å². The molecule has 0 atom stereocenters. The first-order valence-corrected chi connectivity index (χ1v) is 13.5. The summed E-state index contributed by atoms with van der Waals surface area (Å²) in [4.78, 5) is 0. The van der Waals surface area contributed by atoms with Crippen molar-refractivity contribution in [3.8, 4) is 22.3 Å². The van der Waals surface area contributed by atoms with E-state index in [0.717, 1.165) is 41.9 Å². The van der Waals surface area contributed by atoms with Crippen LogP contribution in [0.4, 0.5) is 0 Å². The summed E-state index contributed by atoms with van der Waals surface area (Å²) in [5.41, 5.74) is 1.66. The van der Waals surface area contributed by atoms with Crippen molar-refractivity contribution in [1.29, 1.82) is 0 Å². The highest BCUT2D eigenvalue weighted by molar-refractivity contribution is 5.97. The largest absolute Gasteiger partial charge is 0.714 e. The molecule has 8 heteroatoms. The van der Waals surface area contributed by atoms with Crippen LogP contribution in [0.5, 0.6) is 0 Å². The SMILES string of the molecule is CC1(C)N([O])C(c2ccc(-c3ccc(-c4ccc(C5=[N+]([O-])C(C)(C)C(C)(C)N5[O])cc4)cc3)cc2)=[N+]([O-])C1(C)C. The Morgan fingerprint density at radius 3 is 0.825 bits per heavy atom. The molecule has 2 heterocycles. The molecule has 0 aromatic heterocycles. The van der Waals surface area contributed by atoms with Gasteiger partial charge in [-0.2, -0.15) is 0 Å². The second-order valence-electron chi connectivity index (χ2n) is 12.8. The fourth-order valence-corrected chi connectivity index (χ4v) is 5.17. The smallest absolute Gasteiger partial charge is 0.316 e. The number of nitrogens with zero attached hydrogens (tertiary/aromatic N) is 4. The van der Waals surface area contributed by atoms with Gasteiger partial charge >= 0.3 is 11.7 Å². The molecule has 3 aromatic carbocycles. The molecule has 0 fully saturated rings. The molecule has 0 saturated heterocycles. The minimum atomic E-state index is -0.859. The van der Waals surface area contributed by atoms with Crippen LogP contribution in [0.25, 0.3) is 22.3 Å². The lowest BCUT2D eigenvalue weighted by Crippen LogP contribution is -2.53. The molecule has 0 bridgehead atoms. The van der Waals surface area contributed by atoms with Crippen LogP contribution < -0.4 is 0 Å². The summed E-state index contributed by atoms with van der Waals surface area (Å²) in [5, 5.41) is 53.5. The van der Waals surface area contributed by atoms with Crippen molar-refractivity contribution in [2.45, 2.75) is 77.5 Å². The van der Waals surface area contributed by atoms with E-state index in [2.05, 4.69) is 0 Å². The maximum Gasteiger partial charge on any atom is 0.316 e. The molecule has 2 aliphatic heterocycles. The zero-order valence-electron chi connectivity index (χ0n) is 24.4. The first-order chi connectivity index (χ1) is 18.5. The molecule has 2 radical (unpaired) electrons. The Labute approximate surface area is 235 Å². The maximum atomic E-state index is 13.0. The summed E-state index contributed by atoms with van der Waals surface area (Å²) in [6, 6.07) is 23.0. The molecule has 0 aliphatic carbocycles. The molecule has 0 unspecified atom stereocenters. The van der Waals surface area contributed by atoms with Crippen LogP contribution in [-0.2, 0) is 10.4 Å². The minimum Gasteiger partial charge on any atom is -0.714 e. The van der Waals surface area contributed by atoms with E-state index < -0.39 is 22.2 Å². The Morgan fingerprint density at radius 2 is 0.650 bits per heavy atom. The van der Waals surface area contributed by atoms with Gasteiger partial charge in [0.05, 0.1) is 11.1 Å². The van der Waals surface area contributed by atoms with E-state index in [-0.39, 0.29) is 11.7 Å². The molecule has 208 valence electrons. The van der Waals surface area contributed by atoms with Crippen molar-refractivity contribution >= 4 is 11.7 Å².